The topological polar surface area (TPSA) is 167 Å². The molecule has 3 rings (SSSR count). The van der Waals surface area contributed by atoms with E-state index in [4.69, 9.17) is 11.5 Å². The Balaban J connectivity index is 1.57. The van der Waals surface area contributed by atoms with Crippen molar-refractivity contribution in [2.75, 3.05) is 30.8 Å². The standard InChI is InChI=1S/C19H28N8O3S/c1-31(29,30)24-11-15-9-14-12-27(19(28)26-17(14)25-15)16-5-3-13(4-6-16)10-22-7-2-8-23-18(20)21/h3-6,9,12,17,22,24-25H,2,7-8,10-11H2,1H3,(H,26,28)(H4,20,21,23). The van der Waals surface area contributed by atoms with E-state index in [1.54, 1.807) is 6.20 Å². The number of urea groups is 1. The zero-order valence-corrected chi connectivity index (χ0v) is 18.1. The van der Waals surface area contributed by atoms with Crippen LogP contribution in [0.3, 0.4) is 0 Å². The highest BCUT2D eigenvalue weighted by Crippen LogP contribution is 2.24. The number of nitrogens with one attached hydrogen (secondary N) is 4. The predicted molar refractivity (Wildman–Crippen MR) is 120 cm³/mol. The van der Waals surface area contributed by atoms with Crippen LogP contribution in [-0.2, 0) is 16.6 Å². The average Bonchev–Trinajstić information content (AvgIpc) is 3.10. The van der Waals surface area contributed by atoms with Crippen LogP contribution < -0.4 is 37.0 Å². The highest BCUT2D eigenvalue weighted by molar-refractivity contribution is 7.88. The predicted octanol–water partition coefficient (Wildman–Crippen LogP) is -0.784. The molecule has 12 heteroatoms. The van der Waals surface area contributed by atoms with E-state index in [1.807, 2.05) is 30.3 Å². The maximum Gasteiger partial charge on any atom is 0.327 e. The molecule has 11 nitrogen and oxygen atoms in total. The number of hydrogen-bond acceptors (Lipinski definition) is 6. The molecule has 0 saturated carbocycles. The minimum absolute atomic E-state index is 0.101. The van der Waals surface area contributed by atoms with E-state index in [0.29, 0.717) is 18.8 Å². The van der Waals surface area contributed by atoms with Gasteiger partial charge in [0.25, 0.3) is 0 Å². The van der Waals surface area contributed by atoms with Crippen molar-refractivity contribution in [1.29, 1.82) is 0 Å². The van der Waals surface area contributed by atoms with E-state index < -0.39 is 10.0 Å². The van der Waals surface area contributed by atoms with Crippen LogP contribution in [0.2, 0.25) is 0 Å². The van der Waals surface area contributed by atoms with Gasteiger partial charge in [0.05, 0.1) is 18.5 Å². The molecule has 8 N–H and O–H groups in total. The van der Waals surface area contributed by atoms with Crippen LogP contribution in [0.4, 0.5) is 10.5 Å². The lowest BCUT2D eigenvalue weighted by molar-refractivity contribution is 0.243. The number of carbonyl (C=O) groups excluding carboxylic acids is 1. The molecule has 0 saturated heterocycles. The molecule has 0 aliphatic carbocycles. The molecule has 168 valence electrons. The van der Waals surface area contributed by atoms with Crippen molar-refractivity contribution in [3.63, 3.8) is 0 Å². The number of nitrogens with two attached hydrogens (primary N) is 2. The molecule has 0 fully saturated rings. The monoisotopic (exact) mass is 448 g/mol. The summed E-state index contributed by atoms with van der Waals surface area (Å²) >= 11 is 0. The largest absolute Gasteiger partial charge is 0.370 e. The van der Waals surface area contributed by atoms with Crippen molar-refractivity contribution >= 4 is 27.7 Å². The number of guanidine groups is 1. The van der Waals surface area contributed by atoms with Crippen molar-refractivity contribution in [1.82, 2.24) is 20.7 Å². The third kappa shape index (κ3) is 6.70. The van der Waals surface area contributed by atoms with Crippen molar-refractivity contribution in [3.8, 4) is 0 Å². The number of sulfonamides is 1. The van der Waals surface area contributed by atoms with Crippen LogP contribution in [0, 0.1) is 0 Å². The lowest BCUT2D eigenvalue weighted by Crippen LogP contribution is -2.52. The number of benzene rings is 1. The van der Waals surface area contributed by atoms with E-state index in [-0.39, 0.29) is 24.7 Å². The van der Waals surface area contributed by atoms with Gasteiger partial charge < -0.3 is 27.4 Å². The number of aliphatic imine (C=N–C) groups is 1. The Hall–Kier alpha value is -3.09. The second-order valence-electron chi connectivity index (χ2n) is 7.29. The van der Waals surface area contributed by atoms with Gasteiger partial charge in [0, 0.05) is 30.6 Å². The normalized spacial score (nSPS) is 17.9. The first-order chi connectivity index (χ1) is 14.7. The molecule has 1 aromatic carbocycles. The lowest BCUT2D eigenvalue weighted by Gasteiger charge is -2.29. The smallest absolute Gasteiger partial charge is 0.327 e. The van der Waals surface area contributed by atoms with Crippen molar-refractivity contribution in [2.24, 2.45) is 16.5 Å². The number of carbonyl (C=O) groups is 1. The van der Waals surface area contributed by atoms with E-state index in [0.717, 1.165) is 36.0 Å². The third-order valence-electron chi connectivity index (χ3n) is 4.64. The zero-order chi connectivity index (χ0) is 22.4. The first-order valence-corrected chi connectivity index (χ1v) is 11.7. The Morgan fingerprint density at radius 3 is 2.61 bits per heavy atom. The second kappa shape index (κ2) is 9.81. The SMILES string of the molecule is CS(=O)(=O)NCC1=CC2=CN(c3ccc(CNCCCN=C(N)N)cc3)C(=O)NC2N1. The van der Waals surface area contributed by atoms with Gasteiger partial charge in [-0.3, -0.25) is 9.89 Å². The Labute approximate surface area is 181 Å². The lowest BCUT2D eigenvalue weighted by atomic mass is 10.1. The van der Waals surface area contributed by atoms with E-state index in [9.17, 15) is 13.2 Å². The summed E-state index contributed by atoms with van der Waals surface area (Å²) in [6.45, 7) is 2.21. The first kappa shape index (κ1) is 22.6. The van der Waals surface area contributed by atoms with Crippen LogP contribution in [0.15, 0.2) is 52.8 Å². The van der Waals surface area contributed by atoms with Crippen LogP contribution in [0.5, 0.6) is 0 Å². The summed E-state index contributed by atoms with van der Waals surface area (Å²) in [5, 5.41) is 9.29. The molecule has 1 unspecified atom stereocenters. The summed E-state index contributed by atoms with van der Waals surface area (Å²) in [6, 6.07) is 7.41. The second-order valence-corrected chi connectivity index (χ2v) is 9.13. The fourth-order valence-electron chi connectivity index (χ4n) is 3.15. The molecule has 0 aromatic heterocycles. The average molecular weight is 449 g/mol. The van der Waals surface area contributed by atoms with Crippen molar-refractivity contribution in [3.05, 3.63) is 53.4 Å². The molecule has 0 spiro atoms. The number of hydrogen-bond donors (Lipinski definition) is 6. The molecule has 2 aliphatic rings. The van der Waals surface area contributed by atoms with Crippen molar-refractivity contribution in [2.45, 2.75) is 19.1 Å². The van der Waals surface area contributed by atoms with Gasteiger partial charge >= 0.3 is 6.03 Å². The maximum atomic E-state index is 12.5. The van der Waals surface area contributed by atoms with Gasteiger partial charge in [-0.05, 0) is 36.7 Å². The van der Waals surface area contributed by atoms with E-state index in [2.05, 4.69) is 25.7 Å². The van der Waals surface area contributed by atoms with Gasteiger partial charge in [-0.1, -0.05) is 12.1 Å². The van der Waals surface area contributed by atoms with Gasteiger partial charge in [0.2, 0.25) is 10.0 Å². The molecule has 1 aromatic rings. The molecule has 2 heterocycles. The highest BCUT2D eigenvalue weighted by Gasteiger charge is 2.30. The van der Waals surface area contributed by atoms with Crippen LogP contribution in [0.25, 0.3) is 0 Å². The Bertz CT molecular complexity index is 997. The Kier molecular flexibility index (Phi) is 7.15. The fraction of sp³-hybridized carbons (Fsp3) is 0.368. The number of amides is 2. The molecule has 2 aliphatic heterocycles. The van der Waals surface area contributed by atoms with Gasteiger partial charge in [-0.25, -0.2) is 17.9 Å². The van der Waals surface area contributed by atoms with Gasteiger partial charge in [-0.2, -0.15) is 0 Å². The summed E-state index contributed by atoms with van der Waals surface area (Å²) in [6.07, 6.45) is 5.14. The minimum atomic E-state index is -3.30. The molecule has 1 atom stereocenters. The number of fused-ring (bicyclic) bond motifs is 1. The summed E-state index contributed by atoms with van der Waals surface area (Å²) < 4.78 is 25.0. The van der Waals surface area contributed by atoms with E-state index in [1.165, 1.54) is 4.90 Å². The third-order valence-corrected chi connectivity index (χ3v) is 5.31. The van der Waals surface area contributed by atoms with E-state index >= 15 is 0 Å². The molecular formula is C19H28N8O3S. The molecule has 2 amide bonds. The Morgan fingerprint density at radius 1 is 1.19 bits per heavy atom. The van der Waals surface area contributed by atoms with Crippen molar-refractivity contribution < 1.29 is 13.2 Å². The molecule has 0 bridgehead atoms. The number of anilines is 1. The van der Waals surface area contributed by atoms with Gasteiger partial charge in [0.1, 0.15) is 6.17 Å². The van der Waals surface area contributed by atoms with Crippen LogP contribution in [0.1, 0.15) is 12.0 Å². The van der Waals surface area contributed by atoms with Crippen LogP contribution in [-0.4, -0.2) is 52.5 Å². The zero-order valence-electron chi connectivity index (χ0n) is 17.3. The Morgan fingerprint density at radius 2 is 1.94 bits per heavy atom. The fourth-order valence-corrected chi connectivity index (χ4v) is 3.57. The first-order valence-electron chi connectivity index (χ1n) is 9.79. The molecular weight excluding hydrogens is 420 g/mol. The quantitative estimate of drug-likeness (QED) is 0.155. The molecule has 0 radical (unpaired) electrons. The summed E-state index contributed by atoms with van der Waals surface area (Å²) in [5.74, 6) is 0.101. The number of rotatable bonds is 10. The molecule has 31 heavy (non-hydrogen) atoms. The van der Waals surface area contributed by atoms with Gasteiger partial charge in [0.15, 0.2) is 5.96 Å². The number of nitrogens with zero attached hydrogens (tertiary/aromatic N) is 2. The summed E-state index contributed by atoms with van der Waals surface area (Å²) in [5.41, 5.74) is 13.9. The minimum Gasteiger partial charge on any atom is -0.370 e. The van der Waals surface area contributed by atoms with Gasteiger partial charge in [-0.15, -0.1) is 0 Å². The highest BCUT2D eigenvalue weighted by atomic mass is 32.2. The van der Waals surface area contributed by atoms with Crippen LogP contribution >= 0.6 is 0 Å². The maximum absolute atomic E-state index is 12.5. The summed E-state index contributed by atoms with van der Waals surface area (Å²) in [4.78, 5) is 18.0. The summed E-state index contributed by atoms with van der Waals surface area (Å²) in [7, 11) is -3.30.